The molecular weight excluding hydrogens is 274 g/mol. The van der Waals surface area contributed by atoms with E-state index in [0.717, 1.165) is 5.56 Å². The highest BCUT2D eigenvalue weighted by Gasteiger charge is 2.21. The summed E-state index contributed by atoms with van der Waals surface area (Å²) in [6, 6.07) is 9.66. The van der Waals surface area contributed by atoms with Gasteiger partial charge in [-0.2, -0.15) is 0 Å². The van der Waals surface area contributed by atoms with Crippen molar-refractivity contribution in [3.05, 3.63) is 51.9 Å². The van der Waals surface area contributed by atoms with E-state index >= 15 is 0 Å². The van der Waals surface area contributed by atoms with Gasteiger partial charge in [0.1, 0.15) is 4.32 Å². The summed E-state index contributed by atoms with van der Waals surface area (Å²) >= 11 is 12.2. The molecule has 1 saturated heterocycles. The molecule has 2 nitrogen and oxygen atoms in total. The summed E-state index contributed by atoms with van der Waals surface area (Å²) in [5, 5.41) is 3.04. The van der Waals surface area contributed by atoms with Crippen molar-refractivity contribution in [3.63, 3.8) is 0 Å². The molecule has 2 rings (SSSR count). The predicted molar refractivity (Wildman–Crippen MR) is 76.7 cm³/mol. The minimum Gasteiger partial charge on any atom is -0.307 e. The van der Waals surface area contributed by atoms with E-state index in [9.17, 15) is 4.79 Å². The highest BCUT2D eigenvalue weighted by molar-refractivity contribution is 8.26. The normalized spacial score (nSPS) is 18.6. The molecule has 0 radical (unpaired) electrons. The van der Waals surface area contributed by atoms with Gasteiger partial charge in [0, 0.05) is 5.03 Å². The van der Waals surface area contributed by atoms with Crippen molar-refractivity contribution in [1.29, 1.82) is 0 Å². The van der Waals surface area contributed by atoms with Crippen LogP contribution in [-0.4, -0.2) is 10.2 Å². The lowest BCUT2D eigenvalue weighted by Crippen LogP contribution is -2.17. The van der Waals surface area contributed by atoms with Gasteiger partial charge in [0.2, 0.25) is 0 Å². The Labute approximate surface area is 114 Å². The first-order valence-electron chi connectivity index (χ1n) is 4.82. The van der Waals surface area contributed by atoms with Gasteiger partial charge < -0.3 is 5.32 Å². The van der Waals surface area contributed by atoms with Gasteiger partial charge in [-0.1, -0.05) is 65.9 Å². The van der Waals surface area contributed by atoms with Crippen molar-refractivity contribution in [2.45, 2.75) is 0 Å². The molecule has 17 heavy (non-hydrogen) atoms. The van der Waals surface area contributed by atoms with Crippen molar-refractivity contribution >= 4 is 51.9 Å². The average molecular weight is 282 g/mol. The van der Waals surface area contributed by atoms with Gasteiger partial charge in [-0.15, -0.1) is 0 Å². The second kappa shape index (κ2) is 5.49. The van der Waals surface area contributed by atoms with Crippen molar-refractivity contribution in [3.8, 4) is 0 Å². The van der Waals surface area contributed by atoms with Crippen LogP contribution in [0.25, 0.3) is 6.08 Å². The maximum absolute atomic E-state index is 11.4. The van der Waals surface area contributed by atoms with Crippen molar-refractivity contribution in [2.75, 3.05) is 0 Å². The number of rotatable bonds is 2. The molecule has 1 aliphatic rings. The Hall–Kier alpha value is -1.10. The lowest BCUT2D eigenvalue weighted by atomic mass is 10.2. The van der Waals surface area contributed by atoms with E-state index < -0.39 is 0 Å². The quantitative estimate of drug-likeness (QED) is 0.666. The number of carbonyl (C=O) groups excluding carboxylic acids is 1. The Kier molecular flexibility index (Phi) is 3.99. The Morgan fingerprint density at radius 2 is 2.06 bits per heavy atom. The van der Waals surface area contributed by atoms with Crippen LogP contribution >= 0.6 is 35.6 Å². The van der Waals surface area contributed by atoms with Gasteiger partial charge in [-0.25, -0.2) is 0 Å². The van der Waals surface area contributed by atoms with Crippen LogP contribution in [0.1, 0.15) is 5.56 Å². The smallest absolute Gasteiger partial charge is 0.263 e. The zero-order valence-corrected chi connectivity index (χ0v) is 11.0. The monoisotopic (exact) mass is 281 g/mol. The summed E-state index contributed by atoms with van der Waals surface area (Å²) in [6.45, 7) is 0. The summed E-state index contributed by atoms with van der Waals surface area (Å²) in [6.07, 6.45) is 3.41. The first kappa shape index (κ1) is 12.4. The standard InChI is InChI=1S/C12H8ClNOS2/c13-9(6-8-4-2-1-3-5-8)7-10-11(15)14-12(16)17-10/h1-7H,(H,14,15,16). The van der Waals surface area contributed by atoms with Crippen molar-refractivity contribution in [1.82, 2.24) is 5.32 Å². The third kappa shape index (κ3) is 3.43. The van der Waals surface area contributed by atoms with Gasteiger partial charge in [-0.05, 0) is 17.7 Å². The number of hydrogen-bond acceptors (Lipinski definition) is 3. The van der Waals surface area contributed by atoms with Crippen LogP contribution in [0.2, 0.25) is 0 Å². The number of carbonyl (C=O) groups is 1. The number of hydrogen-bond donors (Lipinski definition) is 1. The number of thioether (sulfide) groups is 1. The molecule has 1 aliphatic heterocycles. The summed E-state index contributed by atoms with van der Waals surface area (Å²) < 4.78 is 0.463. The van der Waals surface area contributed by atoms with Gasteiger partial charge in [0.25, 0.3) is 5.91 Å². The van der Waals surface area contributed by atoms with E-state index in [1.807, 2.05) is 30.3 Å². The molecule has 5 heteroatoms. The van der Waals surface area contributed by atoms with Crippen LogP contribution < -0.4 is 5.32 Å². The maximum atomic E-state index is 11.4. The van der Waals surface area contributed by atoms with Crippen LogP contribution in [0, 0.1) is 0 Å². The first-order valence-corrected chi connectivity index (χ1v) is 6.42. The fraction of sp³-hybridized carbons (Fsp3) is 0. The Morgan fingerprint density at radius 1 is 1.35 bits per heavy atom. The highest BCUT2D eigenvalue weighted by atomic mass is 35.5. The van der Waals surface area contributed by atoms with Crippen LogP contribution in [0.3, 0.4) is 0 Å². The number of nitrogens with one attached hydrogen (secondary N) is 1. The minimum absolute atomic E-state index is 0.195. The van der Waals surface area contributed by atoms with Crippen LogP contribution in [0.4, 0.5) is 0 Å². The molecule has 0 atom stereocenters. The molecule has 0 bridgehead atoms. The topological polar surface area (TPSA) is 29.1 Å². The lowest BCUT2D eigenvalue weighted by molar-refractivity contribution is -0.115. The number of benzene rings is 1. The van der Waals surface area contributed by atoms with Crippen molar-refractivity contribution < 1.29 is 4.79 Å². The maximum Gasteiger partial charge on any atom is 0.263 e. The fourth-order valence-corrected chi connectivity index (χ4v) is 2.63. The average Bonchev–Trinajstić information content (AvgIpc) is 2.58. The summed E-state index contributed by atoms with van der Waals surface area (Å²) in [5.74, 6) is -0.195. The van der Waals surface area contributed by atoms with E-state index in [4.69, 9.17) is 23.8 Å². The summed E-state index contributed by atoms with van der Waals surface area (Å²) in [7, 11) is 0. The molecule has 1 N–H and O–H groups in total. The number of amides is 1. The van der Waals surface area contributed by atoms with E-state index in [1.54, 1.807) is 12.2 Å². The van der Waals surface area contributed by atoms with E-state index in [1.165, 1.54) is 11.8 Å². The molecule has 0 unspecified atom stereocenters. The molecule has 1 aromatic rings. The fourth-order valence-electron chi connectivity index (χ4n) is 1.30. The molecule has 1 heterocycles. The number of thiocarbonyl (C=S) groups is 1. The van der Waals surface area contributed by atoms with Crippen molar-refractivity contribution in [2.24, 2.45) is 0 Å². The molecule has 0 spiro atoms. The Balaban J connectivity index is 2.19. The lowest BCUT2D eigenvalue weighted by Gasteiger charge is -1.94. The zero-order chi connectivity index (χ0) is 12.3. The van der Waals surface area contributed by atoms with Crippen LogP contribution in [0.15, 0.2) is 46.3 Å². The van der Waals surface area contributed by atoms with E-state index in [-0.39, 0.29) is 5.91 Å². The molecule has 0 saturated carbocycles. The SMILES string of the molecule is O=C1NC(=S)SC1=CC(Cl)=Cc1ccccc1. The molecule has 1 fully saturated rings. The number of halogens is 1. The molecule has 86 valence electrons. The van der Waals surface area contributed by atoms with Gasteiger partial charge >= 0.3 is 0 Å². The highest BCUT2D eigenvalue weighted by Crippen LogP contribution is 2.26. The third-order valence-electron chi connectivity index (χ3n) is 2.02. The van der Waals surface area contributed by atoms with E-state index in [0.29, 0.717) is 14.3 Å². The van der Waals surface area contributed by atoms with Crippen LogP contribution in [0.5, 0.6) is 0 Å². The Morgan fingerprint density at radius 3 is 2.65 bits per heavy atom. The second-order valence-corrected chi connectivity index (χ2v) is 5.45. The first-order chi connectivity index (χ1) is 8.15. The van der Waals surface area contributed by atoms with Crippen LogP contribution in [-0.2, 0) is 4.79 Å². The van der Waals surface area contributed by atoms with E-state index in [2.05, 4.69) is 5.32 Å². The van der Waals surface area contributed by atoms with Gasteiger partial charge in [0.05, 0.1) is 4.91 Å². The largest absolute Gasteiger partial charge is 0.307 e. The Bertz CT molecular complexity index is 523. The molecule has 1 amide bonds. The number of allylic oxidation sites excluding steroid dienone is 2. The molecule has 1 aromatic carbocycles. The minimum atomic E-state index is -0.195. The van der Waals surface area contributed by atoms with Gasteiger partial charge in [-0.3, -0.25) is 4.79 Å². The third-order valence-corrected chi connectivity index (χ3v) is 3.40. The predicted octanol–water partition coefficient (Wildman–Crippen LogP) is 3.30. The zero-order valence-electron chi connectivity index (χ0n) is 8.64. The molecular formula is C12H8ClNOS2. The molecule has 0 aromatic heterocycles. The summed E-state index contributed by atoms with van der Waals surface area (Å²) in [5.41, 5.74) is 0.986. The molecule has 0 aliphatic carbocycles. The summed E-state index contributed by atoms with van der Waals surface area (Å²) in [4.78, 5) is 11.9. The van der Waals surface area contributed by atoms with Gasteiger partial charge in [0.15, 0.2) is 0 Å². The second-order valence-electron chi connectivity index (χ2n) is 3.29.